The van der Waals surface area contributed by atoms with Crippen LogP contribution in [0.25, 0.3) is 10.4 Å². The van der Waals surface area contributed by atoms with Gasteiger partial charge in [-0.1, -0.05) is 12.1 Å². The molecule has 0 saturated heterocycles. The Morgan fingerprint density at radius 2 is 1.82 bits per heavy atom. The molecule has 0 radical (unpaired) electrons. The number of carbonyl (C=O) groups excluding carboxylic acids is 1. The molecule has 1 N–H and O–H groups in total. The Balaban J connectivity index is 1.79. The van der Waals surface area contributed by atoms with E-state index in [2.05, 4.69) is 4.99 Å². The van der Waals surface area contributed by atoms with E-state index in [1.54, 1.807) is 18.4 Å². The Hall–Kier alpha value is -2.45. The van der Waals surface area contributed by atoms with E-state index >= 15 is 0 Å². The molecule has 8 heteroatoms. The number of aliphatic imine (C=N–C) groups is 1. The number of benzene rings is 1. The number of alkyl halides is 3. The van der Waals surface area contributed by atoms with Crippen LogP contribution in [0.1, 0.15) is 32.6 Å². The highest BCUT2D eigenvalue weighted by Gasteiger charge is 2.30. The Labute approximate surface area is 167 Å². The molecule has 0 amide bonds. The SMILES string of the molecule is CC(=NCC(=O)c1ccc(C)s1)c1csc(-c2ccc(C(F)(F)F)cc2)c1O. The van der Waals surface area contributed by atoms with Crippen LogP contribution in [0.3, 0.4) is 0 Å². The second-order valence-corrected chi connectivity index (χ2v) is 8.30. The molecule has 3 nitrogen and oxygen atoms in total. The summed E-state index contributed by atoms with van der Waals surface area (Å²) in [6, 6.07) is 8.25. The molecule has 2 aromatic heterocycles. The highest BCUT2D eigenvalue weighted by molar-refractivity contribution is 7.14. The maximum absolute atomic E-state index is 12.7. The van der Waals surface area contributed by atoms with Crippen LogP contribution in [0.2, 0.25) is 0 Å². The summed E-state index contributed by atoms with van der Waals surface area (Å²) in [6.07, 6.45) is -4.40. The van der Waals surface area contributed by atoms with Crippen LogP contribution >= 0.6 is 22.7 Å². The van der Waals surface area contributed by atoms with Gasteiger partial charge in [0, 0.05) is 21.5 Å². The molecule has 28 heavy (non-hydrogen) atoms. The number of rotatable bonds is 5. The number of hydrogen-bond acceptors (Lipinski definition) is 5. The minimum Gasteiger partial charge on any atom is -0.506 e. The van der Waals surface area contributed by atoms with Crippen LogP contribution < -0.4 is 0 Å². The van der Waals surface area contributed by atoms with Crippen LogP contribution in [0.5, 0.6) is 5.75 Å². The summed E-state index contributed by atoms with van der Waals surface area (Å²) in [4.78, 5) is 18.6. The lowest BCUT2D eigenvalue weighted by Crippen LogP contribution is -2.04. The third kappa shape index (κ3) is 4.34. The molecule has 0 spiro atoms. The van der Waals surface area contributed by atoms with Crippen molar-refractivity contribution >= 4 is 34.2 Å². The highest BCUT2D eigenvalue weighted by Crippen LogP contribution is 2.40. The van der Waals surface area contributed by atoms with Crippen molar-refractivity contribution in [3.05, 3.63) is 62.7 Å². The molecular formula is C20H16F3NO2S2. The van der Waals surface area contributed by atoms with Gasteiger partial charge in [-0.15, -0.1) is 22.7 Å². The minimum absolute atomic E-state index is 0.0311. The first-order valence-corrected chi connectivity index (χ1v) is 9.95. The third-order valence-corrected chi connectivity index (χ3v) is 6.16. The molecule has 2 heterocycles. The van der Waals surface area contributed by atoms with Crippen LogP contribution in [0.15, 0.2) is 46.8 Å². The monoisotopic (exact) mass is 423 g/mol. The summed E-state index contributed by atoms with van der Waals surface area (Å²) in [5.41, 5.74) is 0.705. The second kappa shape index (κ2) is 7.89. The van der Waals surface area contributed by atoms with Crippen molar-refractivity contribution in [1.82, 2.24) is 0 Å². The molecule has 0 aliphatic rings. The summed E-state index contributed by atoms with van der Waals surface area (Å²) in [6.45, 7) is 3.57. The average molecular weight is 423 g/mol. The van der Waals surface area contributed by atoms with Gasteiger partial charge >= 0.3 is 6.18 Å². The van der Waals surface area contributed by atoms with Crippen molar-refractivity contribution < 1.29 is 23.1 Å². The van der Waals surface area contributed by atoms with Gasteiger partial charge in [-0.25, -0.2) is 0 Å². The molecule has 0 aliphatic heterocycles. The van der Waals surface area contributed by atoms with E-state index in [4.69, 9.17) is 0 Å². The van der Waals surface area contributed by atoms with Crippen LogP contribution in [-0.2, 0) is 6.18 Å². The van der Waals surface area contributed by atoms with Crippen molar-refractivity contribution in [3.63, 3.8) is 0 Å². The molecule has 0 saturated carbocycles. The quantitative estimate of drug-likeness (QED) is 0.392. The smallest absolute Gasteiger partial charge is 0.416 e. The summed E-state index contributed by atoms with van der Waals surface area (Å²) in [5.74, 6) is -0.152. The van der Waals surface area contributed by atoms with E-state index in [0.29, 0.717) is 26.6 Å². The maximum atomic E-state index is 12.7. The third-order valence-electron chi connectivity index (χ3n) is 4.10. The van der Waals surface area contributed by atoms with E-state index in [9.17, 15) is 23.1 Å². The molecule has 3 aromatic rings. The van der Waals surface area contributed by atoms with E-state index in [0.717, 1.165) is 17.0 Å². The first-order valence-electron chi connectivity index (χ1n) is 8.26. The lowest BCUT2D eigenvalue weighted by atomic mass is 10.1. The van der Waals surface area contributed by atoms with Crippen molar-refractivity contribution in [2.75, 3.05) is 6.54 Å². The van der Waals surface area contributed by atoms with Gasteiger partial charge in [-0.2, -0.15) is 13.2 Å². The summed E-state index contributed by atoms with van der Waals surface area (Å²) < 4.78 is 38.1. The fourth-order valence-corrected chi connectivity index (χ4v) is 4.37. The van der Waals surface area contributed by atoms with Crippen molar-refractivity contribution in [3.8, 4) is 16.2 Å². The van der Waals surface area contributed by atoms with Gasteiger partial charge in [-0.3, -0.25) is 9.79 Å². The molecule has 146 valence electrons. The van der Waals surface area contributed by atoms with Crippen molar-refractivity contribution in [2.24, 2.45) is 4.99 Å². The van der Waals surface area contributed by atoms with Crippen LogP contribution in [-0.4, -0.2) is 23.1 Å². The number of Topliss-reactive ketones (excluding diaryl/α,β-unsaturated/α-hetero) is 1. The average Bonchev–Trinajstić information content (AvgIpc) is 3.24. The number of aryl methyl sites for hydroxylation is 1. The standard InChI is InChI=1S/C20H16F3NO2S2/c1-11-3-8-17(28-11)16(25)9-24-12(2)15-10-27-19(18(15)26)13-4-6-14(7-5-13)20(21,22)23/h3-8,10,26H,9H2,1-2H3. The van der Waals surface area contributed by atoms with Crippen molar-refractivity contribution in [1.29, 1.82) is 0 Å². The topological polar surface area (TPSA) is 49.7 Å². The maximum Gasteiger partial charge on any atom is 0.416 e. The van der Waals surface area contributed by atoms with Crippen LogP contribution in [0.4, 0.5) is 13.2 Å². The fraction of sp³-hybridized carbons (Fsp3) is 0.200. The Morgan fingerprint density at radius 3 is 2.39 bits per heavy atom. The predicted molar refractivity (Wildman–Crippen MR) is 107 cm³/mol. The molecule has 0 aliphatic carbocycles. The van der Waals surface area contributed by atoms with E-state index in [1.807, 2.05) is 13.0 Å². The fourth-order valence-electron chi connectivity index (χ4n) is 2.56. The number of nitrogens with zero attached hydrogens (tertiary/aromatic N) is 1. The van der Waals surface area contributed by atoms with E-state index in [-0.39, 0.29) is 18.1 Å². The number of hydrogen-bond donors (Lipinski definition) is 1. The zero-order chi connectivity index (χ0) is 20.5. The Kier molecular flexibility index (Phi) is 5.71. The first-order chi connectivity index (χ1) is 13.2. The molecule has 0 bridgehead atoms. The molecule has 0 unspecified atom stereocenters. The van der Waals surface area contributed by atoms with Gasteiger partial charge in [0.05, 0.1) is 15.3 Å². The van der Waals surface area contributed by atoms with Gasteiger partial charge in [0.15, 0.2) is 5.78 Å². The Morgan fingerprint density at radius 1 is 1.14 bits per heavy atom. The zero-order valence-corrected chi connectivity index (χ0v) is 16.6. The lowest BCUT2D eigenvalue weighted by Gasteiger charge is -2.07. The number of carbonyl (C=O) groups is 1. The second-order valence-electron chi connectivity index (χ2n) is 6.14. The number of aromatic hydroxyl groups is 1. The van der Waals surface area contributed by atoms with Gasteiger partial charge in [0.1, 0.15) is 12.3 Å². The van der Waals surface area contributed by atoms with Gasteiger partial charge < -0.3 is 5.11 Å². The molecule has 3 rings (SSSR count). The van der Waals surface area contributed by atoms with E-state index in [1.165, 1.54) is 34.8 Å². The van der Waals surface area contributed by atoms with Crippen molar-refractivity contribution in [2.45, 2.75) is 20.0 Å². The number of ketones is 1. The number of thiophene rings is 2. The summed E-state index contributed by atoms with van der Waals surface area (Å²) >= 11 is 2.61. The summed E-state index contributed by atoms with van der Waals surface area (Å²) in [7, 11) is 0. The lowest BCUT2D eigenvalue weighted by molar-refractivity contribution is -0.137. The van der Waals surface area contributed by atoms with Crippen LogP contribution in [0, 0.1) is 6.92 Å². The molecule has 0 atom stereocenters. The van der Waals surface area contributed by atoms with Gasteiger partial charge in [-0.05, 0) is 43.7 Å². The first kappa shape index (κ1) is 20.3. The van der Waals surface area contributed by atoms with Gasteiger partial charge in [0.25, 0.3) is 0 Å². The molecule has 1 aromatic carbocycles. The van der Waals surface area contributed by atoms with E-state index < -0.39 is 11.7 Å². The molecule has 0 fully saturated rings. The highest BCUT2D eigenvalue weighted by atomic mass is 32.1. The largest absolute Gasteiger partial charge is 0.506 e. The predicted octanol–water partition coefficient (Wildman–Crippen LogP) is 6.20. The Bertz CT molecular complexity index is 1030. The normalized spacial score (nSPS) is 12.4. The van der Waals surface area contributed by atoms with Gasteiger partial charge in [0.2, 0.25) is 0 Å². The minimum atomic E-state index is -4.40. The molecular weight excluding hydrogens is 407 g/mol. The number of halogens is 3. The summed E-state index contributed by atoms with van der Waals surface area (Å²) in [5, 5.41) is 12.2. The zero-order valence-electron chi connectivity index (χ0n) is 15.0.